The molecule has 0 bridgehead atoms. The molecule has 6 rings (SSSR count). The van der Waals surface area contributed by atoms with Gasteiger partial charge in [0.05, 0.1) is 27.1 Å². The molecule has 0 N–H and O–H groups in total. The minimum atomic E-state index is -0.264. The van der Waals surface area contributed by atoms with Crippen molar-refractivity contribution in [3.63, 3.8) is 0 Å². The van der Waals surface area contributed by atoms with Gasteiger partial charge in [0, 0.05) is 19.0 Å². The molecule has 8 nitrogen and oxygen atoms in total. The number of hydrogen-bond acceptors (Lipinski definition) is 6. The molecule has 1 unspecified atom stereocenters. The van der Waals surface area contributed by atoms with Crippen molar-refractivity contribution in [2.45, 2.75) is 25.3 Å². The minimum Gasteiger partial charge on any atom is -0.340 e. The van der Waals surface area contributed by atoms with Crippen LogP contribution in [0.4, 0.5) is 0 Å². The summed E-state index contributed by atoms with van der Waals surface area (Å²) in [5.74, 6) is 0.140. The molecule has 1 amide bonds. The monoisotopic (exact) mass is 470 g/mol. The van der Waals surface area contributed by atoms with E-state index in [1.165, 1.54) is 21.8 Å². The van der Waals surface area contributed by atoms with E-state index in [4.69, 9.17) is 4.98 Å². The number of para-hydroxylation sites is 2. The van der Waals surface area contributed by atoms with Crippen molar-refractivity contribution >= 4 is 38.5 Å². The number of hydrogen-bond donors (Lipinski definition) is 0. The largest absolute Gasteiger partial charge is 0.340 e. The first kappa shape index (κ1) is 20.7. The van der Waals surface area contributed by atoms with Gasteiger partial charge in [0.25, 0.3) is 5.56 Å². The van der Waals surface area contributed by atoms with Crippen molar-refractivity contribution in [3.05, 3.63) is 82.5 Å². The third-order valence-corrected chi connectivity index (χ3v) is 7.49. The number of carbonyl (C=O) groups is 1. The van der Waals surface area contributed by atoms with Crippen LogP contribution in [-0.4, -0.2) is 48.2 Å². The van der Waals surface area contributed by atoms with E-state index in [0.29, 0.717) is 24.1 Å². The summed E-state index contributed by atoms with van der Waals surface area (Å²) in [6.45, 7) is 1.27. The Labute approximate surface area is 199 Å². The van der Waals surface area contributed by atoms with E-state index in [-0.39, 0.29) is 23.9 Å². The molecule has 34 heavy (non-hydrogen) atoms. The quantitative estimate of drug-likeness (QED) is 0.401. The number of fused-ring (bicyclic) bond motifs is 2. The van der Waals surface area contributed by atoms with Crippen molar-refractivity contribution in [2.24, 2.45) is 0 Å². The van der Waals surface area contributed by atoms with Crippen LogP contribution in [0.15, 0.2) is 71.9 Å². The summed E-state index contributed by atoms with van der Waals surface area (Å²) in [4.78, 5) is 37.3. The second-order valence-electron chi connectivity index (χ2n) is 8.51. The summed E-state index contributed by atoms with van der Waals surface area (Å²) in [6, 6.07) is 17.7. The maximum atomic E-state index is 13.1. The van der Waals surface area contributed by atoms with Crippen molar-refractivity contribution < 1.29 is 4.79 Å². The average molecular weight is 471 g/mol. The Morgan fingerprint density at radius 1 is 1.09 bits per heavy atom. The van der Waals surface area contributed by atoms with E-state index in [1.54, 1.807) is 16.0 Å². The highest BCUT2D eigenvalue weighted by molar-refractivity contribution is 7.18. The number of rotatable bonds is 4. The van der Waals surface area contributed by atoms with Crippen LogP contribution in [0.2, 0.25) is 0 Å². The highest BCUT2D eigenvalue weighted by atomic mass is 32.1. The van der Waals surface area contributed by atoms with Crippen molar-refractivity contribution in [1.29, 1.82) is 0 Å². The molecule has 4 heterocycles. The molecule has 170 valence electrons. The number of nitrogens with zero attached hydrogens (tertiary/aromatic N) is 6. The average Bonchev–Trinajstić information content (AvgIpc) is 3.51. The molecular formula is C25H22N6O2S. The maximum absolute atomic E-state index is 13.1. The fourth-order valence-corrected chi connectivity index (χ4v) is 5.63. The number of amides is 1. The van der Waals surface area contributed by atoms with Crippen molar-refractivity contribution in [2.75, 3.05) is 13.1 Å². The lowest BCUT2D eigenvalue weighted by molar-refractivity contribution is -0.133. The Kier molecular flexibility index (Phi) is 5.18. The zero-order valence-electron chi connectivity index (χ0n) is 18.4. The van der Waals surface area contributed by atoms with Crippen LogP contribution in [0.3, 0.4) is 0 Å². The Hall–Kier alpha value is -3.85. The second-order valence-corrected chi connectivity index (χ2v) is 9.57. The van der Waals surface area contributed by atoms with E-state index in [0.717, 1.165) is 29.1 Å². The third kappa shape index (κ3) is 3.67. The lowest BCUT2D eigenvalue weighted by atomic mass is 9.98. The Morgan fingerprint density at radius 3 is 2.76 bits per heavy atom. The molecule has 0 radical (unpaired) electrons. The number of carbonyl (C=O) groups excluding carboxylic acids is 1. The zero-order valence-corrected chi connectivity index (χ0v) is 19.2. The van der Waals surface area contributed by atoms with Crippen LogP contribution in [0.1, 0.15) is 23.8 Å². The first-order valence-corrected chi connectivity index (χ1v) is 12.1. The highest BCUT2D eigenvalue weighted by Gasteiger charge is 2.27. The van der Waals surface area contributed by atoms with Gasteiger partial charge in [-0.3, -0.25) is 14.2 Å². The van der Waals surface area contributed by atoms with Gasteiger partial charge >= 0.3 is 0 Å². The van der Waals surface area contributed by atoms with Crippen LogP contribution in [-0.2, 0) is 11.3 Å². The smallest absolute Gasteiger partial charge is 0.264 e. The van der Waals surface area contributed by atoms with Gasteiger partial charge in [-0.1, -0.05) is 30.3 Å². The first-order chi connectivity index (χ1) is 16.7. The van der Waals surface area contributed by atoms with Crippen molar-refractivity contribution in [1.82, 2.24) is 29.2 Å². The molecule has 9 heteroatoms. The van der Waals surface area contributed by atoms with E-state index >= 15 is 0 Å². The Bertz CT molecular complexity index is 1520. The van der Waals surface area contributed by atoms with Gasteiger partial charge in [-0.05, 0) is 37.1 Å². The summed E-state index contributed by atoms with van der Waals surface area (Å²) < 4.78 is 4.18. The summed E-state index contributed by atoms with van der Waals surface area (Å²) in [7, 11) is 0. The highest BCUT2D eigenvalue weighted by Crippen LogP contribution is 2.33. The van der Waals surface area contributed by atoms with Gasteiger partial charge in [-0.25, -0.2) is 14.6 Å². The lowest BCUT2D eigenvalue weighted by Crippen LogP contribution is -2.42. The fraction of sp³-hybridized carbons (Fsp3) is 0.240. The van der Waals surface area contributed by atoms with Gasteiger partial charge in [0.2, 0.25) is 5.91 Å². The number of likely N-dealkylation sites (tertiary alicyclic amines) is 1. The zero-order chi connectivity index (χ0) is 23.1. The third-order valence-electron chi connectivity index (χ3n) is 6.29. The topological polar surface area (TPSA) is 85.9 Å². The number of aromatic nitrogens is 5. The molecule has 3 aromatic heterocycles. The molecule has 1 aliphatic rings. The Balaban J connectivity index is 1.22. The molecule has 1 saturated heterocycles. The van der Waals surface area contributed by atoms with Crippen LogP contribution in [0, 0.1) is 0 Å². The molecule has 1 fully saturated rings. The standard InChI is InChI=1S/C25H22N6O2S/c32-22(29-12-6-7-17(14-29)24-28-20-10-4-5-11-21(20)34-24)15-30-16-26-23-19(25(30)33)13-27-31(23)18-8-2-1-3-9-18/h1-5,8-11,13,16-17H,6-7,12,14-15H2. The number of benzene rings is 2. The van der Waals surface area contributed by atoms with Gasteiger partial charge in [-0.2, -0.15) is 5.10 Å². The van der Waals surface area contributed by atoms with Crippen LogP contribution in [0.5, 0.6) is 0 Å². The summed E-state index contributed by atoms with van der Waals surface area (Å²) in [5, 5.41) is 5.81. The van der Waals surface area contributed by atoms with Gasteiger partial charge in [0.15, 0.2) is 5.65 Å². The van der Waals surface area contributed by atoms with Gasteiger partial charge in [-0.15, -0.1) is 11.3 Å². The van der Waals surface area contributed by atoms with Gasteiger partial charge < -0.3 is 4.90 Å². The lowest BCUT2D eigenvalue weighted by Gasteiger charge is -2.32. The summed E-state index contributed by atoms with van der Waals surface area (Å²) in [6.07, 6.45) is 4.89. The van der Waals surface area contributed by atoms with Gasteiger partial charge in [0.1, 0.15) is 18.3 Å². The first-order valence-electron chi connectivity index (χ1n) is 11.3. The van der Waals surface area contributed by atoms with E-state index in [9.17, 15) is 9.59 Å². The Morgan fingerprint density at radius 2 is 1.91 bits per heavy atom. The number of piperidine rings is 1. The predicted molar refractivity (Wildman–Crippen MR) is 131 cm³/mol. The van der Waals surface area contributed by atoms with Crippen LogP contribution in [0.25, 0.3) is 26.9 Å². The molecule has 0 aliphatic carbocycles. The molecule has 0 saturated carbocycles. The van der Waals surface area contributed by atoms with Crippen LogP contribution < -0.4 is 5.56 Å². The van der Waals surface area contributed by atoms with E-state index in [1.807, 2.05) is 53.4 Å². The SMILES string of the molecule is O=C(Cn1cnc2c(cnn2-c2ccccc2)c1=O)N1CCCC(c2nc3ccccc3s2)C1. The predicted octanol–water partition coefficient (Wildman–Crippen LogP) is 3.60. The normalized spacial score (nSPS) is 16.4. The molecule has 2 aromatic carbocycles. The molecule has 1 atom stereocenters. The number of thiazole rings is 1. The molecule has 5 aromatic rings. The molecule has 1 aliphatic heterocycles. The summed E-state index contributed by atoms with van der Waals surface area (Å²) >= 11 is 1.70. The maximum Gasteiger partial charge on any atom is 0.264 e. The fourth-order valence-electron chi connectivity index (χ4n) is 4.54. The molecular weight excluding hydrogens is 448 g/mol. The summed E-state index contributed by atoms with van der Waals surface area (Å²) in [5.41, 5.74) is 2.05. The van der Waals surface area contributed by atoms with Crippen molar-refractivity contribution in [3.8, 4) is 5.69 Å². The van der Waals surface area contributed by atoms with E-state index < -0.39 is 0 Å². The minimum absolute atomic E-state index is 0.0369. The van der Waals surface area contributed by atoms with Crippen LogP contribution >= 0.6 is 11.3 Å². The second kappa shape index (κ2) is 8.49. The van der Waals surface area contributed by atoms with E-state index in [2.05, 4.69) is 16.1 Å². The molecule has 0 spiro atoms.